The first kappa shape index (κ1) is 17.5. The molecule has 6 rings (SSSR count). The molecule has 0 amide bonds. The Kier molecular flexibility index (Phi) is 3.70. The number of hydrogen-bond acceptors (Lipinski definition) is 3. The number of fused-ring (bicyclic) bond motifs is 2. The van der Waals surface area contributed by atoms with Gasteiger partial charge in [0.25, 0.3) is 0 Å². The lowest BCUT2D eigenvalue weighted by Gasteiger charge is -2.05. The van der Waals surface area contributed by atoms with Gasteiger partial charge in [0.05, 0.1) is 17.4 Å². The van der Waals surface area contributed by atoms with Gasteiger partial charge in [0.2, 0.25) is 0 Å². The van der Waals surface area contributed by atoms with Crippen LogP contribution in [0.4, 0.5) is 4.39 Å². The molecule has 0 bridgehead atoms. The van der Waals surface area contributed by atoms with Crippen LogP contribution >= 0.6 is 0 Å². The van der Waals surface area contributed by atoms with Gasteiger partial charge in [-0.1, -0.05) is 18.2 Å². The van der Waals surface area contributed by atoms with Crippen molar-refractivity contribution in [2.75, 3.05) is 0 Å². The molecule has 3 aromatic heterocycles. The van der Waals surface area contributed by atoms with Gasteiger partial charge >= 0.3 is 0 Å². The molecule has 0 aliphatic heterocycles. The van der Waals surface area contributed by atoms with Crippen molar-refractivity contribution in [2.24, 2.45) is 0 Å². The molecule has 0 radical (unpaired) electrons. The largest absolute Gasteiger partial charge is 0.508 e. The van der Waals surface area contributed by atoms with E-state index in [1.807, 2.05) is 42.6 Å². The maximum atomic E-state index is 13.9. The molecule has 0 unspecified atom stereocenters. The number of nitrogens with one attached hydrogen (secondary N) is 3. The molecule has 31 heavy (non-hydrogen) atoms. The molecule has 0 aliphatic carbocycles. The third kappa shape index (κ3) is 2.86. The molecule has 0 saturated carbocycles. The Hall–Kier alpha value is -4.39. The molecular formula is C24H16FN5O. The van der Waals surface area contributed by atoms with Crippen LogP contribution in [0, 0.1) is 5.82 Å². The van der Waals surface area contributed by atoms with E-state index in [4.69, 9.17) is 0 Å². The molecule has 4 N–H and O–H groups in total. The van der Waals surface area contributed by atoms with Crippen molar-refractivity contribution in [1.82, 2.24) is 25.4 Å². The lowest BCUT2D eigenvalue weighted by Crippen LogP contribution is -1.82. The van der Waals surface area contributed by atoms with Gasteiger partial charge in [0.1, 0.15) is 17.3 Å². The quantitative estimate of drug-likeness (QED) is 0.306. The first-order chi connectivity index (χ1) is 15.2. The van der Waals surface area contributed by atoms with Crippen LogP contribution in [0.3, 0.4) is 0 Å². The minimum absolute atomic E-state index is 0.104. The Morgan fingerprint density at radius 2 is 1.77 bits per heavy atom. The molecule has 6 aromatic rings. The minimum atomic E-state index is -0.479. The fourth-order valence-electron chi connectivity index (χ4n) is 4.07. The number of benzene rings is 3. The standard InChI is InChI=1S/C24H16FN5O/c25-16-6-14(7-17(31)9-16)18-2-1-3-21-19(18)10-23(28-21)24-20-8-13(15-11-26-27-12-15)4-5-22(20)29-30-24/h1-12,28,31H,(H,26,27)(H,29,30). The summed E-state index contributed by atoms with van der Waals surface area (Å²) in [5.41, 5.74) is 6.95. The number of rotatable bonds is 3. The molecule has 0 atom stereocenters. The second-order valence-corrected chi connectivity index (χ2v) is 7.47. The predicted molar refractivity (Wildman–Crippen MR) is 118 cm³/mol. The SMILES string of the molecule is Oc1cc(F)cc(-c2cccc3[nH]c(-c4n[nH]c5ccc(-c6cn[nH]c6)cc45)cc23)c1. The van der Waals surface area contributed by atoms with E-state index in [2.05, 4.69) is 31.4 Å². The van der Waals surface area contributed by atoms with E-state index in [1.54, 1.807) is 12.3 Å². The summed E-state index contributed by atoms with van der Waals surface area (Å²) < 4.78 is 13.9. The Morgan fingerprint density at radius 3 is 2.61 bits per heavy atom. The summed E-state index contributed by atoms with van der Waals surface area (Å²) in [5.74, 6) is -0.583. The molecular weight excluding hydrogens is 393 g/mol. The smallest absolute Gasteiger partial charge is 0.127 e. The molecule has 7 heteroatoms. The number of phenolic OH excluding ortho intramolecular Hbond substituents is 1. The predicted octanol–water partition coefficient (Wildman–Crippen LogP) is 5.61. The summed E-state index contributed by atoms with van der Waals surface area (Å²) in [4.78, 5) is 3.43. The highest BCUT2D eigenvalue weighted by Gasteiger charge is 2.15. The zero-order valence-electron chi connectivity index (χ0n) is 16.1. The number of aromatic amines is 3. The van der Waals surface area contributed by atoms with E-state index >= 15 is 0 Å². The van der Waals surface area contributed by atoms with Crippen molar-refractivity contribution in [3.05, 3.63) is 78.9 Å². The van der Waals surface area contributed by atoms with Gasteiger partial charge in [0, 0.05) is 34.1 Å². The molecule has 6 nitrogen and oxygen atoms in total. The van der Waals surface area contributed by atoms with Crippen LogP contribution in [-0.4, -0.2) is 30.5 Å². The molecule has 150 valence electrons. The van der Waals surface area contributed by atoms with E-state index in [0.29, 0.717) is 5.56 Å². The topological polar surface area (TPSA) is 93.4 Å². The molecule has 0 aliphatic rings. The van der Waals surface area contributed by atoms with Crippen LogP contribution in [0.5, 0.6) is 5.75 Å². The van der Waals surface area contributed by atoms with E-state index < -0.39 is 5.82 Å². The van der Waals surface area contributed by atoms with Crippen LogP contribution in [0.2, 0.25) is 0 Å². The van der Waals surface area contributed by atoms with E-state index in [0.717, 1.165) is 56.0 Å². The third-order valence-electron chi connectivity index (χ3n) is 5.51. The number of aromatic nitrogens is 5. The highest BCUT2D eigenvalue weighted by Crippen LogP contribution is 2.36. The van der Waals surface area contributed by atoms with Gasteiger partial charge < -0.3 is 10.1 Å². The van der Waals surface area contributed by atoms with Crippen LogP contribution < -0.4 is 0 Å². The lowest BCUT2D eigenvalue weighted by molar-refractivity contribution is 0.469. The number of phenols is 1. The van der Waals surface area contributed by atoms with E-state index in [9.17, 15) is 9.50 Å². The number of aromatic hydroxyl groups is 1. The van der Waals surface area contributed by atoms with Crippen LogP contribution in [0.1, 0.15) is 0 Å². The first-order valence-electron chi connectivity index (χ1n) is 9.75. The third-order valence-corrected chi connectivity index (χ3v) is 5.51. The van der Waals surface area contributed by atoms with Crippen molar-refractivity contribution in [1.29, 1.82) is 0 Å². The Morgan fingerprint density at radius 1 is 0.839 bits per heavy atom. The molecule has 3 aromatic carbocycles. The Bertz CT molecular complexity index is 1540. The summed E-state index contributed by atoms with van der Waals surface area (Å²) in [6.45, 7) is 0. The van der Waals surface area contributed by atoms with Gasteiger partial charge in [0.15, 0.2) is 0 Å². The monoisotopic (exact) mass is 409 g/mol. The highest BCUT2D eigenvalue weighted by atomic mass is 19.1. The van der Waals surface area contributed by atoms with Gasteiger partial charge in [-0.3, -0.25) is 10.2 Å². The fraction of sp³-hybridized carbons (Fsp3) is 0. The van der Waals surface area contributed by atoms with Crippen LogP contribution in [-0.2, 0) is 0 Å². The zero-order valence-corrected chi connectivity index (χ0v) is 16.1. The van der Waals surface area contributed by atoms with Crippen LogP contribution in [0.25, 0.3) is 55.4 Å². The second kappa shape index (κ2) is 6.56. The first-order valence-corrected chi connectivity index (χ1v) is 9.75. The highest BCUT2D eigenvalue weighted by molar-refractivity contribution is 6.01. The van der Waals surface area contributed by atoms with Crippen molar-refractivity contribution < 1.29 is 9.50 Å². The number of H-pyrrole nitrogens is 3. The van der Waals surface area contributed by atoms with Crippen LogP contribution in [0.15, 0.2) is 73.1 Å². The van der Waals surface area contributed by atoms with E-state index in [1.165, 1.54) is 6.07 Å². The zero-order chi connectivity index (χ0) is 20.9. The minimum Gasteiger partial charge on any atom is -0.508 e. The average molecular weight is 409 g/mol. The lowest BCUT2D eigenvalue weighted by atomic mass is 10.0. The average Bonchev–Trinajstić information content (AvgIpc) is 3.50. The number of nitrogens with zero attached hydrogens (tertiary/aromatic N) is 2. The van der Waals surface area contributed by atoms with Crippen molar-refractivity contribution >= 4 is 21.8 Å². The summed E-state index contributed by atoms with van der Waals surface area (Å²) in [7, 11) is 0. The summed E-state index contributed by atoms with van der Waals surface area (Å²) in [5, 5.41) is 26.2. The Balaban J connectivity index is 1.53. The molecule has 3 heterocycles. The maximum Gasteiger partial charge on any atom is 0.127 e. The Labute approximate surface area is 175 Å². The van der Waals surface area contributed by atoms with Crippen molar-refractivity contribution in [3.63, 3.8) is 0 Å². The van der Waals surface area contributed by atoms with Gasteiger partial charge in [-0.2, -0.15) is 10.2 Å². The maximum absolute atomic E-state index is 13.9. The van der Waals surface area contributed by atoms with Gasteiger partial charge in [-0.15, -0.1) is 0 Å². The van der Waals surface area contributed by atoms with Crippen molar-refractivity contribution in [3.8, 4) is 39.4 Å². The van der Waals surface area contributed by atoms with Gasteiger partial charge in [-0.25, -0.2) is 4.39 Å². The fourth-order valence-corrected chi connectivity index (χ4v) is 4.07. The second-order valence-electron chi connectivity index (χ2n) is 7.47. The summed E-state index contributed by atoms with van der Waals surface area (Å²) in [6.07, 6.45) is 3.63. The molecule has 0 fully saturated rings. The summed E-state index contributed by atoms with van der Waals surface area (Å²) >= 11 is 0. The van der Waals surface area contributed by atoms with E-state index in [-0.39, 0.29) is 5.75 Å². The number of hydrogen-bond donors (Lipinski definition) is 4. The molecule has 0 saturated heterocycles. The van der Waals surface area contributed by atoms with Gasteiger partial charge in [-0.05, 0) is 53.1 Å². The number of halogens is 1. The normalized spacial score (nSPS) is 11.5. The van der Waals surface area contributed by atoms with Crippen molar-refractivity contribution in [2.45, 2.75) is 0 Å². The summed E-state index contributed by atoms with van der Waals surface area (Å²) in [6, 6.07) is 18.0. The molecule has 0 spiro atoms.